The molecule has 2 atom stereocenters. The molecule has 1 aliphatic rings. The third-order valence-electron chi connectivity index (χ3n) is 3.77. The topological polar surface area (TPSA) is 39.1 Å². The van der Waals surface area contributed by atoms with E-state index in [1.165, 1.54) is 5.69 Å². The molecule has 1 saturated heterocycles. The number of benzene rings is 1. The molecule has 0 amide bonds. The lowest BCUT2D eigenvalue weighted by Crippen LogP contribution is -2.56. The minimum atomic E-state index is 0.529. The summed E-state index contributed by atoms with van der Waals surface area (Å²) in [5.74, 6) is 0. The smallest absolute Gasteiger partial charge is 0.0992 e. The zero-order valence-corrected chi connectivity index (χ0v) is 11.2. The summed E-state index contributed by atoms with van der Waals surface area (Å²) in [5, 5.41) is 12.6. The molecule has 1 aromatic rings. The van der Waals surface area contributed by atoms with Crippen LogP contribution in [0.5, 0.6) is 0 Å². The number of nitriles is 1. The van der Waals surface area contributed by atoms with Crippen LogP contribution in [-0.4, -0.2) is 25.2 Å². The Bertz CT molecular complexity index is 436. The highest BCUT2D eigenvalue weighted by molar-refractivity contribution is 5.53. The van der Waals surface area contributed by atoms with Gasteiger partial charge in [-0.25, -0.2) is 0 Å². The van der Waals surface area contributed by atoms with Crippen LogP contribution in [0.25, 0.3) is 0 Å². The molecule has 0 spiro atoms. The van der Waals surface area contributed by atoms with E-state index in [0.29, 0.717) is 12.1 Å². The monoisotopic (exact) mass is 243 g/mol. The van der Waals surface area contributed by atoms with Crippen molar-refractivity contribution in [2.75, 3.05) is 18.0 Å². The first kappa shape index (κ1) is 12.9. The third kappa shape index (κ3) is 2.65. The number of hydrogen-bond acceptors (Lipinski definition) is 3. The molecule has 1 fully saturated rings. The second-order valence-corrected chi connectivity index (χ2v) is 4.89. The summed E-state index contributed by atoms with van der Waals surface area (Å²) in [4.78, 5) is 2.45. The maximum absolute atomic E-state index is 9.00. The van der Waals surface area contributed by atoms with Crippen molar-refractivity contribution in [1.29, 1.82) is 5.26 Å². The van der Waals surface area contributed by atoms with Crippen molar-refractivity contribution >= 4 is 5.69 Å². The fraction of sp³-hybridized carbons (Fsp3) is 0.533. The van der Waals surface area contributed by atoms with E-state index in [-0.39, 0.29) is 0 Å². The van der Waals surface area contributed by atoms with Crippen LogP contribution in [0.3, 0.4) is 0 Å². The lowest BCUT2D eigenvalue weighted by Gasteiger charge is -2.41. The van der Waals surface area contributed by atoms with E-state index < -0.39 is 0 Å². The van der Waals surface area contributed by atoms with Gasteiger partial charge in [-0.1, -0.05) is 19.9 Å². The Kier molecular flexibility index (Phi) is 4.22. The van der Waals surface area contributed by atoms with Crippen LogP contribution in [-0.2, 0) is 0 Å². The van der Waals surface area contributed by atoms with Crippen LogP contribution >= 0.6 is 0 Å². The van der Waals surface area contributed by atoms with Gasteiger partial charge >= 0.3 is 0 Å². The first-order valence-corrected chi connectivity index (χ1v) is 6.78. The molecule has 0 aliphatic carbocycles. The molecule has 1 aromatic carbocycles. The number of rotatable bonds is 3. The molecule has 1 N–H and O–H groups in total. The van der Waals surface area contributed by atoms with E-state index in [9.17, 15) is 0 Å². The van der Waals surface area contributed by atoms with Gasteiger partial charge in [0.25, 0.3) is 0 Å². The van der Waals surface area contributed by atoms with Gasteiger partial charge < -0.3 is 10.2 Å². The van der Waals surface area contributed by atoms with E-state index >= 15 is 0 Å². The first-order chi connectivity index (χ1) is 8.78. The van der Waals surface area contributed by atoms with E-state index in [4.69, 9.17) is 5.26 Å². The molecule has 0 aromatic heterocycles. The standard InChI is InChI=1S/C15H21N3/c1-3-13-11-18(14(4-2)10-17-13)15-7-5-6-12(8-15)9-16/h5-8,13-14,17H,3-4,10-11H2,1-2H3. The van der Waals surface area contributed by atoms with Crippen molar-refractivity contribution in [3.8, 4) is 6.07 Å². The lowest BCUT2D eigenvalue weighted by atomic mass is 10.0. The van der Waals surface area contributed by atoms with Crippen LogP contribution in [0.1, 0.15) is 32.3 Å². The van der Waals surface area contributed by atoms with Gasteiger partial charge in [0, 0.05) is 30.9 Å². The van der Waals surface area contributed by atoms with E-state index in [1.807, 2.05) is 18.2 Å². The van der Waals surface area contributed by atoms with E-state index in [2.05, 4.69) is 36.2 Å². The Morgan fingerprint density at radius 3 is 2.89 bits per heavy atom. The summed E-state index contributed by atoms with van der Waals surface area (Å²) in [5.41, 5.74) is 1.93. The molecule has 1 aliphatic heterocycles. The Balaban J connectivity index is 2.24. The molecule has 1 heterocycles. The van der Waals surface area contributed by atoms with Crippen molar-refractivity contribution in [2.24, 2.45) is 0 Å². The Hall–Kier alpha value is -1.53. The van der Waals surface area contributed by atoms with Gasteiger partial charge in [-0.2, -0.15) is 5.26 Å². The average Bonchev–Trinajstić information content (AvgIpc) is 2.46. The van der Waals surface area contributed by atoms with Crippen molar-refractivity contribution < 1.29 is 0 Å². The average molecular weight is 243 g/mol. The van der Waals surface area contributed by atoms with Gasteiger partial charge in [0.15, 0.2) is 0 Å². The fourth-order valence-corrected chi connectivity index (χ4v) is 2.57. The zero-order chi connectivity index (χ0) is 13.0. The minimum absolute atomic E-state index is 0.529. The van der Waals surface area contributed by atoms with Crippen molar-refractivity contribution in [1.82, 2.24) is 5.32 Å². The maximum Gasteiger partial charge on any atom is 0.0992 e. The number of piperazine rings is 1. The summed E-state index contributed by atoms with van der Waals surface area (Å²) < 4.78 is 0. The van der Waals surface area contributed by atoms with Gasteiger partial charge in [0.2, 0.25) is 0 Å². The van der Waals surface area contributed by atoms with E-state index in [0.717, 1.165) is 31.5 Å². The zero-order valence-electron chi connectivity index (χ0n) is 11.2. The van der Waals surface area contributed by atoms with Gasteiger partial charge in [-0.15, -0.1) is 0 Å². The van der Waals surface area contributed by atoms with Gasteiger partial charge in [-0.05, 0) is 31.0 Å². The maximum atomic E-state index is 9.00. The molecular formula is C15H21N3. The second kappa shape index (κ2) is 5.88. The largest absolute Gasteiger partial charge is 0.366 e. The van der Waals surface area contributed by atoms with Crippen molar-refractivity contribution in [2.45, 2.75) is 38.8 Å². The fourth-order valence-electron chi connectivity index (χ4n) is 2.57. The molecule has 18 heavy (non-hydrogen) atoms. The predicted octanol–water partition coefficient (Wildman–Crippen LogP) is 2.53. The normalized spacial score (nSPS) is 23.7. The highest BCUT2D eigenvalue weighted by Gasteiger charge is 2.25. The second-order valence-electron chi connectivity index (χ2n) is 4.89. The van der Waals surface area contributed by atoms with Gasteiger partial charge in [0.05, 0.1) is 11.6 Å². The predicted molar refractivity (Wildman–Crippen MR) is 74.7 cm³/mol. The lowest BCUT2D eigenvalue weighted by molar-refractivity contribution is 0.379. The molecule has 2 unspecified atom stereocenters. The SMILES string of the molecule is CCC1CN(c2cccc(C#N)c2)C(CC)CN1. The van der Waals surface area contributed by atoms with Gasteiger partial charge in [-0.3, -0.25) is 0 Å². The molecule has 2 rings (SSSR count). The summed E-state index contributed by atoms with van der Waals surface area (Å²) in [7, 11) is 0. The number of nitrogens with zero attached hydrogens (tertiary/aromatic N) is 2. The van der Waals surface area contributed by atoms with E-state index in [1.54, 1.807) is 0 Å². The molecule has 0 radical (unpaired) electrons. The van der Waals surface area contributed by atoms with Crippen LogP contribution in [0.4, 0.5) is 5.69 Å². The van der Waals surface area contributed by atoms with Crippen molar-refractivity contribution in [3.63, 3.8) is 0 Å². The van der Waals surface area contributed by atoms with Crippen LogP contribution in [0.2, 0.25) is 0 Å². The molecule has 0 bridgehead atoms. The molecule has 96 valence electrons. The summed E-state index contributed by atoms with van der Waals surface area (Å²) in [6, 6.07) is 11.3. The highest BCUT2D eigenvalue weighted by atomic mass is 15.2. The van der Waals surface area contributed by atoms with Crippen LogP contribution in [0.15, 0.2) is 24.3 Å². The first-order valence-electron chi connectivity index (χ1n) is 6.78. The minimum Gasteiger partial charge on any atom is -0.366 e. The van der Waals surface area contributed by atoms with Crippen LogP contribution in [0, 0.1) is 11.3 Å². The number of hydrogen-bond donors (Lipinski definition) is 1. The molecule has 0 saturated carbocycles. The Labute approximate surface area is 109 Å². The summed E-state index contributed by atoms with van der Waals surface area (Å²) in [6.07, 6.45) is 2.27. The molecular weight excluding hydrogens is 222 g/mol. The van der Waals surface area contributed by atoms with Gasteiger partial charge in [0.1, 0.15) is 0 Å². The summed E-state index contributed by atoms with van der Waals surface area (Å²) in [6.45, 7) is 6.50. The number of anilines is 1. The number of nitrogens with one attached hydrogen (secondary N) is 1. The molecule has 3 nitrogen and oxygen atoms in total. The Morgan fingerprint density at radius 2 is 2.22 bits per heavy atom. The van der Waals surface area contributed by atoms with Crippen LogP contribution < -0.4 is 10.2 Å². The third-order valence-corrected chi connectivity index (χ3v) is 3.77. The Morgan fingerprint density at radius 1 is 1.39 bits per heavy atom. The quantitative estimate of drug-likeness (QED) is 0.886. The molecule has 3 heteroatoms. The summed E-state index contributed by atoms with van der Waals surface area (Å²) >= 11 is 0. The highest BCUT2D eigenvalue weighted by Crippen LogP contribution is 2.23. The van der Waals surface area contributed by atoms with Crippen molar-refractivity contribution in [3.05, 3.63) is 29.8 Å².